The Morgan fingerprint density at radius 3 is 1.50 bits per heavy atom. The zero-order valence-corrected chi connectivity index (χ0v) is 4.76. The first-order valence-electron chi connectivity index (χ1n) is 1.38. The summed E-state index contributed by atoms with van der Waals surface area (Å²) in [7, 11) is 2.46. The molecule has 0 fully saturated rings. The standard InChI is InChI=1S/C2H6O2S2/c3-1-5-6-2-4/h3-4H,1-2H2. The van der Waals surface area contributed by atoms with Crippen molar-refractivity contribution in [3.63, 3.8) is 0 Å². The van der Waals surface area contributed by atoms with Gasteiger partial charge in [-0.1, -0.05) is 21.6 Å². The molecule has 0 saturated carbocycles. The summed E-state index contributed by atoms with van der Waals surface area (Å²) >= 11 is 0. The average Bonchev–Trinajstić information content (AvgIpc) is 1.61. The fraction of sp³-hybridized carbons (Fsp3) is 1.00. The van der Waals surface area contributed by atoms with Crippen LogP contribution in [0.2, 0.25) is 0 Å². The molecule has 6 heavy (non-hydrogen) atoms. The van der Waals surface area contributed by atoms with E-state index in [0.29, 0.717) is 0 Å². The van der Waals surface area contributed by atoms with Gasteiger partial charge in [-0.2, -0.15) is 0 Å². The third kappa shape index (κ3) is 4.62. The minimum atomic E-state index is 0.0746. The van der Waals surface area contributed by atoms with Gasteiger partial charge in [0, 0.05) is 0 Å². The predicted molar refractivity (Wildman–Crippen MR) is 29.4 cm³/mol. The molecule has 0 aromatic carbocycles. The molecular weight excluding hydrogens is 120 g/mol. The molecular formula is C2H6O2S2. The van der Waals surface area contributed by atoms with Gasteiger partial charge in [0.25, 0.3) is 0 Å². The van der Waals surface area contributed by atoms with Crippen molar-refractivity contribution in [2.45, 2.75) is 0 Å². The maximum Gasteiger partial charge on any atom is 0.0987 e. The molecule has 0 rings (SSSR count). The van der Waals surface area contributed by atoms with E-state index in [1.807, 2.05) is 0 Å². The Hall–Kier alpha value is 0.620. The summed E-state index contributed by atoms with van der Waals surface area (Å²) in [6.45, 7) is 0. The first-order valence-corrected chi connectivity index (χ1v) is 3.86. The molecule has 0 atom stereocenters. The molecule has 0 heterocycles. The van der Waals surface area contributed by atoms with Crippen molar-refractivity contribution in [1.82, 2.24) is 0 Å². The monoisotopic (exact) mass is 126 g/mol. The van der Waals surface area contributed by atoms with Crippen LogP contribution in [-0.4, -0.2) is 22.1 Å². The summed E-state index contributed by atoms with van der Waals surface area (Å²) in [6.07, 6.45) is 0. The van der Waals surface area contributed by atoms with E-state index in [-0.39, 0.29) is 11.9 Å². The SMILES string of the molecule is OCSSCO. The molecule has 0 amide bonds. The third-order valence-electron chi connectivity index (χ3n) is 0.189. The summed E-state index contributed by atoms with van der Waals surface area (Å²) in [5.74, 6) is 0.149. The topological polar surface area (TPSA) is 40.5 Å². The summed E-state index contributed by atoms with van der Waals surface area (Å²) in [5, 5.41) is 16.1. The van der Waals surface area contributed by atoms with Crippen molar-refractivity contribution in [3.8, 4) is 0 Å². The van der Waals surface area contributed by atoms with E-state index >= 15 is 0 Å². The molecule has 0 saturated heterocycles. The van der Waals surface area contributed by atoms with Crippen LogP contribution in [0.25, 0.3) is 0 Å². The van der Waals surface area contributed by atoms with Gasteiger partial charge in [-0.05, 0) is 0 Å². The number of rotatable bonds is 3. The van der Waals surface area contributed by atoms with Crippen molar-refractivity contribution in [3.05, 3.63) is 0 Å². The molecule has 2 nitrogen and oxygen atoms in total. The van der Waals surface area contributed by atoms with E-state index in [2.05, 4.69) is 0 Å². The fourth-order valence-corrected chi connectivity index (χ4v) is 0.671. The number of hydrogen-bond donors (Lipinski definition) is 2. The second-order valence-electron chi connectivity index (χ2n) is 0.494. The van der Waals surface area contributed by atoms with Crippen molar-refractivity contribution >= 4 is 21.6 Å². The van der Waals surface area contributed by atoms with Crippen LogP contribution in [0.4, 0.5) is 0 Å². The molecule has 0 aliphatic heterocycles. The lowest BCUT2D eigenvalue weighted by molar-refractivity contribution is 0.373. The van der Waals surface area contributed by atoms with Gasteiger partial charge in [0.2, 0.25) is 0 Å². The maximum atomic E-state index is 8.03. The quantitative estimate of drug-likeness (QED) is 0.323. The van der Waals surface area contributed by atoms with E-state index in [1.165, 1.54) is 21.6 Å². The Kier molecular flexibility index (Phi) is 6.20. The summed E-state index contributed by atoms with van der Waals surface area (Å²) in [5.41, 5.74) is 0. The molecule has 2 N–H and O–H groups in total. The number of aliphatic hydroxyl groups is 2. The van der Waals surface area contributed by atoms with Gasteiger partial charge in [0.05, 0.1) is 11.9 Å². The smallest absolute Gasteiger partial charge is 0.0987 e. The Morgan fingerprint density at radius 2 is 1.33 bits per heavy atom. The molecule has 0 radical (unpaired) electrons. The van der Waals surface area contributed by atoms with Gasteiger partial charge in [0.15, 0.2) is 0 Å². The van der Waals surface area contributed by atoms with Gasteiger partial charge < -0.3 is 10.2 Å². The zero-order valence-electron chi connectivity index (χ0n) is 3.13. The van der Waals surface area contributed by atoms with Crippen LogP contribution in [0.3, 0.4) is 0 Å². The number of hydrogen-bond acceptors (Lipinski definition) is 4. The van der Waals surface area contributed by atoms with Crippen LogP contribution in [-0.2, 0) is 0 Å². The summed E-state index contributed by atoms with van der Waals surface area (Å²) in [4.78, 5) is 0. The van der Waals surface area contributed by atoms with E-state index in [9.17, 15) is 0 Å². The highest BCUT2D eigenvalue weighted by Crippen LogP contribution is 2.16. The van der Waals surface area contributed by atoms with Gasteiger partial charge in [-0.25, -0.2) is 0 Å². The van der Waals surface area contributed by atoms with Crippen LogP contribution < -0.4 is 0 Å². The summed E-state index contributed by atoms with van der Waals surface area (Å²) < 4.78 is 0. The Balaban J connectivity index is 2.34. The lowest BCUT2D eigenvalue weighted by Gasteiger charge is -1.85. The molecule has 0 aliphatic carbocycles. The largest absolute Gasteiger partial charge is 0.385 e. The molecule has 0 aliphatic rings. The minimum Gasteiger partial charge on any atom is -0.385 e. The van der Waals surface area contributed by atoms with E-state index in [1.54, 1.807) is 0 Å². The Bertz CT molecular complexity index is 21.5. The van der Waals surface area contributed by atoms with Crippen molar-refractivity contribution < 1.29 is 10.2 Å². The lowest BCUT2D eigenvalue weighted by atomic mass is 11.7. The van der Waals surface area contributed by atoms with Gasteiger partial charge >= 0.3 is 0 Å². The zero-order chi connectivity index (χ0) is 4.83. The van der Waals surface area contributed by atoms with Crippen molar-refractivity contribution in [1.29, 1.82) is 0 Å². The van der Waals surface area contributed by atoms with Gasteiger partial charge in [-0.15, -0.1) is 0 Å². The highest BCUT2D eigenvalue weighted by atomic mass is 33.1. The van der Waals surface area contributed by atoms with Crippen molar-refractivity contribution in [2.75, 3.05) is 11.9 Å². The molecule has 0 unspecified atom stereocenters. The first kappa shape index (κ1) is 6.62. The molecule has 0 spiro atoms. The predicted octanol–water partition coefficient (Wildman–Crippen LogP) is 0.267. The molecule has 4 heteroatoms. The molecule has 0 bridgehead atoms. The third-order valence-corrected chi connectivity index (χ3v) is 1.70. The van der Waals surface area contributed by atoms with E-state index in [0.717, 1.165) is 0 Å². The van der Waals surface area contributed by atoms with Crippen LogP contribution in [0.1, 0.15) is 0 Å². The molecule has 0 aromatic rings. The summed E-state index contributed by atoms with van der Waals surface area (Å²) in [6, 6.07) is 0. The van der Waals surface area contributed by atoms with E-state index < -0.39 is 0 Å². The molecule has 0 aromatic heterocycles. The fourth-order valence-electron chi connectivity index (χ4n) is 0.0745. The minimum absolute atomic E-state index is 0.0746. The highest BCUT2D eigenvalue weighted by molar-refractivity contribution is 8.76. The second kappa shape index (κ2) is 5.62. The first-order chi connectivity index (χ1) is 2.91. The van der Waals surface area contributed by atoms with Crippen molar-refractivity contribution in [2.24, 2.45) is 0 Å². The lowest BCUT2D eigenvalue weighted by Crippen LogP contribution is -1.68. The Morgan fingerprint density at radius 1 is 1.00 bits per heavy atom. The van der Waals surface area contributed by atoms with Crippen LogP contribution in [0.15, 0.2) is 0 Å². The number of aliphatic hydroxyl groups excluding tert-OH is 2. The Labute approximate surface area is 44.3 Å². The van der Waals surface area contributed by atoms with Crippen LogP contribution in [0.5, 0.6) is 0 Å². The van der Waals surface area contributed by atoms with Gasteiger partial charge in [-0.3, -0.25) is 0 Å². The highest BCUT2D eigenvalue weighted by Gasteiger charge is 1.77. The van der Waals surface area contributed by atoms with Crippen LogP contribution in [0, 0.1) is 0 Å². The van der Waals surface area contributed by atoms with Gasteiger partial charge in [0.1, 0.15) is 0 Å². The van der Waals surface area contributed by atoms with E-state index in [4.69, 9.17) is 10.2 Å². The van der Waals surface area contributed by atoms with Crippen LogP contribution >= 0.6 is 21.6 Å². The second-order valence-corrected chi connectivity index (χ2v) is 2.90. The maximum absolute atomic E-state index is 8.03. The normalized spacial score (nSPS) is 9.00. The molecule has 38 valence electrons. The average molecular weight is 126 g/mol.